The molecule has 3 amide bonds. The molecule has 0 unspecified atom stereocenters. The average molecular weight is 850 g/mol. The number of hydroxylamine groups is 1. The number of hydrogen-bond acceptors (Lipinski definition) is 11. The SMILES string of the molecule is CCOc1cc(OC)c(S(=O)(=O)N(C)OC)cc1C1=N[C@@H](c2ccc(Cl)cc2)[C@@H](c2ccc(Cl)cc2)N1C(=O)N1CCN(CC(=O)N(CCOC)CCOC)CC1. The lowest BCUT2D eigenvalue weighted by molar-refractivity contribution is -0.134. The molecule has 2 aliphatic heterocycles. The maximum absolute atomic E-state index is 15.2. The molecule has 15 nitrogen and oxygen atoms in total. The second-order valence-corrected chi connectivity index (χ2v) is 16.0. The van der Waals surface area contributed by atoms with Gasteiger partial charge in [0.25, 0.3) is 10.0 Å². The van der Waals surface area contributed by atoms with E-state index in [-0.39, 0.29) is 52.9 Å². The number of aliphatic imine (C=N–C) groups is 1. The molecule has 0 bridgehead atoms. The lowest BCUT2D eigenvalue weighted by Gasteiger charge is -2.39. The summed E-state index contributed by atoms with van der Waals surface area (Å²) in [6.07, 6.45) is 0. The monoisotopic (exact) mass is 848 g/mol. The smallest absolute Gasteiger partial charge is 0.326 e. The van der Waals surface area contributed by atoms with Crippen LogP contribution in [0.3, 0.4) is 0 Å². The van der Waals surface area contributed by atoms with E-state index in [9.17, 15) is 13.2 Å². The van der Waals surface area contributed by atoms with Crippen LogP contribution in [-0.2, 0) is 29.1 Å². The van der Waals surface area contributed by atoms with E-state index in [0.29, 0.717) is 62.5 Å². The van der Waals surface area contributed by atoms with Crippen LogP contribution in [0, 0.1) is 0 Å². The van der Waals surface area contributed by atoms with Gasteiger partial charge >= 0.3 is 6.03 Å². The third-order valence-electron chi connectivity index (χ3n) is 9.86. The highest BCUT2D eigenvalue weighted by atomic mass is 35.5. The normalized spacial score (nSPS) is 17.5. The number of benzene rings is 3. The van der Waals surface area contributed by atoms with E-state index in [1.54, 1.807) is 60.1 Å². The Morgan fingerprint density at radius 3 is 1.95 bits per heavy atom. The molecule has 18 heteroatoms. The molecule has 57 heavy (non-hydrogen) atoms. The van der Waals surface area contributed by atoms with Gasteiger partial charge in [-0.2, -0.15) is 0 Å². The molecule has 3 aromatic carbocycles. The van der Waals surface area contributed by atoms with E-state index in [2.05, 4.69) is 0 Å². The van der Waals surface area contributed by atoms with Crippen LogP contribution in [0.1, 0.15) is 35.7 Å². The number of carbonyl (C=O) groups excluding carboxylic acids is 2. The highest BCUT2D eigenvalue weighted by Crippen LogP contribution is 2.46. The van der Waals surface area contributed by atoms with Gasteiger partial charge in [-0.3, -0.25) is 24.4 Å². The third-order valence-corrected chi connectivity index (χ3v) is 12.1. The van der Waals surface area contributed by atoms with Crippen LogP contribution in [0.5, 0.6) is 11.5 Å². The molecule has 1 fully saturated rings. The largest absolute Gasteiger partial charge is 0.495 e. The Morgan fingerprint density at radius 1 is 0.842 bits per heavy atom. The molecule has 2 aliphatic rings. The molecular weight excluding hydrogens is 799 g/mol. The van der Waals surface area contributed by atoms with Crippen molar-refractivity contribution >= 4 is 51.0 Å². The topological polar surface area (TPSA) is 143 Å². The van der Waals surface area contributed by atoms with E-state index >= 15 is 4.79 Å². The highest BCUT2D eigenvalue weighted by Gasteiger charge is 2.45. The number of piperazine rings is 1. The number of methoxy groups -OCH3 is 3. The summed E-state index contributed by atoms with van der Waals surface area (Å²) in [6.45, 7) is 5.36. The van der Waals surface area contributed by atoms with Gasteiger partial charge < -0.3 is 28.7 Å². The minimum atomic E-state index is -4.27. The summed E-state index contributed by atoms with van der Waals surface area (Å²) >= 11 is 12.7. The minimum absolute atomic E-state index is 0.0137. The minimum Gasteiger partial charge on any atom is -0.495 e. The molecule has 0 aliphatic carbocycles. The summed E-state index contributed by atoms with van der Waals surface area (Å²) in [5.41, 5.74) is 1.75. The van der Waals surface area contributed by atoms with Crippen molar-refractivity contribution < 1.29 is 41.8 Å². The molecule has 0 aromatic heterocycles. The molecule has 2 atom stereocenters. The van der Waals surface area contributed by atoms with E-state index in [1.165, 1.54) is 33.4 Å². The lowest BCUT2D eigenvalue weighted by Crippen LogP contribution is -2.55. The van der Waals surface area contributed by atoms with Crippen molar-refractivity contribution in [3.63, 3.8) is 0 Å². The Kier molecular flexibility index (Phi) is 15.6. The molecular formula is C39H50Cl2N6O9S. The molecule has 0 spiro atoms. The van der Waals surface area contributed by atoms with Crippen LogP contribution >= 0.6 is 23.2 Å². The van der Waals surface area contributed by atoms with Crippen LogP contribution in [0.25, 0.3) is 0 Å². The molecule has 0 N–H and O–H groups in total. The number of amides is 3. The fourth-order valence-electron chi connectivity index (χ4n) is 6.75. The van der Waals surface area contributed by atoms with Crippen LogP contribution in [0.15, 0.2) is 70.6 Å². The zero-order valence-corrected chi connectivity index (χ0v) is 35.3. The second kappa shape index (κ2) is 20.1. The molecule has 310 valence electrons. The predicted octanol–water partition coefficient (Wildman–Crippen LogP) is 4.99. The summed E-state index contributed by atoms with van der Waals surface area (Å²) < 4.78 is 50.4. The standard InChI is InChI=1S/C39H50Cl2N6O9S/c1-7-56-32-25-33(54-5)34(57(50,51)43(2)55-6)24-31(32)38-42-36(27-8-12-29(40)13-9-27)37(28-10-14-30(41)15-11-28)47(38)39(49)46-18-16-44(17-19-46)26-35(48)45(20-22-52-3)21-23-53-4/h8-15,24-25,36-37H,7,16-23,26H2,1-6H3/t36-,37+/m0/s1. The quantitative estimate of drug-likeness (QED) is 0.171. The summed E-state index contributed by atoms with van der Waals surface area (Å²) in [7, 11) is 2.78. The van der Waals surface area contributed by atoms with Gasteiger partial charge in [-0.1, -0.05) is 51.9 Å². The zero-order valence-electron chi connectivity index (χ0n) is 33.0. The third kappa shape index (κ3) is 10.2. The van der Waals surface area contributed by atoms with E-state index in [0.717, 1.165) is 15.6 Å². The van der Waals surface area contributed by atoms with Gasteiger partial charge in [0.2, 0.25) is 5.91 Å². The lowest BCUT2D eigenvalue weighted by atomic mass is 9.93. The second-order valence-electron chi connectivity index (χ2n) is 13.3. The number of amidine groups is 1. The number of urea groups is 1. The maximum atomic E-state index is 15.2. The number of halogens is 2. The Morgan fingerprint density at radius 2 is 1.42 bits per heavy atom. The van der Waals surface area contributed by atoms with Gasteiger partial charge in [0.05, 0.1) is 52.2 Å². The van der Waals surface area contributed by atoms with Gasteiger partial charge in [-0.05, 0) is 48.4 Å². The van der Waals surface area contributed by atoms with Crippen molar-refractivity contribution in [2.75, 3.05) is 101 Å². The number of nitrogens with zero attached hydrogens (tertiary/aromatic N) is 6. The molecule has 0 radical (unpaired) electrons. The van der Waals surface area contributed by atoms with E-state index in [4.69, 9.17) is 52.0 Å². The summed E-state index contributed by atoms with van der Waals surface area (Å²) in [6, 6.07) is 15.5. The Hall–Kier alpha value is -4.00. The molecule has 2 heterocycles. The first-order valence-corrected chi connectivity index (χ1v) is 20.6. The summed E-state index contributed by atoms with van der Waals surface area (Å²) in [5, 5.41) is 1.04. The molecule has 0 saturated carbocycles. The van der Waals surface area contributed by atoms with Crippen LogP contribution in [0.2, 0.25) is 10.0 Å². The van der Waals surface area contributed by atoms with Crippen molar-refractivity contribution in [2.24, 2.45) is 4.99 Å². The maximum Gasteiger partial charge on any atom is 0.326 e. The Bertz CT molecular complexity index is 1970. The van der Waals surface area contributed by atoms with Crippen molar-refractivity contribution in [3.8, 4) is 11.5 Å². The van der Waals surface area contributed by atoms with Crippen LogP contribution in [-0.4, -0.2) is 151 Å². The molecule has 3 aromatic rings. The number of hydrogen-bond donors (Lipinski definition) is 0. The first-order valence-electron chi connectivity index (χ1n) is 18.4. The summed E-state index contributed by atoms with van der Waals surface area (Å²) in [5.74, 6) is 0.400. The van der Waals surface area contributed by atoms with Gasteiger partial charge in [-0.15, -0.1) is 0 Å². The van der Waals surface area contributed by atoms with Crippen molar-refractivity contribution in [3.05, 3.63) is 87.4 Å². The van der Waals surface area contributed by atoms with Gasteiger partial charge in [0, 0.05) is 76.6 Å². The van der Waals surface area contributed by atoms with Gasteiger partial charge in [0.1, 0.15) is 28.3 Å². The molecule has 5 rings (SSSR count). The van der Waals surface area contributed by atoms with Crippen LogP contribution in [0.4, 0.5) is 4.79 Å². The van der Waals surface area contributed by atoms with Gasteiger partial charge in [0.15, 0.2) is 0 Å². The van der Waals surface area contributed by atoms with Crippen LogP contribution < -0.4 is 9.47 Å². The number of carbonyl (C=O) groups is 2. The van der Waals surface area contributed by atoms with E-state index < -0.39 is 22.1 Å². The fraction of sp³-hybridized carbons (Fsp3) is 0.462. The van der Waals surface area contributed by atoms with Gasteiger partial charge in [-0.25, -0.2) is 13.2 Å². The number of sulfonamides is 1. The first kappa shape index (κ1) is 44.1. The van der Waals surface area contributed by atoms with Crippen molar-refractivity contribution in [1.82, 2.24) is 24.1 Å². The highest BCUT2D eigenvalue weighted by molar-refractivity contribution is 7.89. The average Bonchev–Trinajstić information content (AvgIpc) is 3.61. The molecule has 1 saturated heterocycles. The Labute approximate surface area is 344 Å². The first-order chi connectivity index (χ1) is 27.4. The summed E-state index contributed by atoms with van der Waals surface area (Å²) in [4.78, 5) is 45.6. The predicted molar refractivity (Wildman–Crippen MR) is 217 cm³/mol. The fourth-order valence-corrected chi connectivity index (χ4v) is 8.14. The van der Waals surface area contributed by atoms with Crippen molar-refractivity contribution in [2.45, 2.75) is 23.9 Å². The number of rotatable bonds is 17. The van der Waals surface area contributed by atoms with E-state index in [1.807, 2.05) is 29.2 Å². The zero-order chi connectivity index (χ0) is 41.3. The number of ether oxygens (including phenoxy) is 4. The van der Waals surface area contributed by atoms with Crippen molar-refractivity contribution in [1.29, 1.82) is 0 Å². The Balaban J connectivity index is 1.59.